The zero-order valence-corrected chi connectivity index (χ0v) is 14.0. The van der Waals surface area contributed by atoms with Crippen molar-refractivity contribution in [2.75, 3.05) is 12.9 Å². The van der Waals surface area contributed by atoms with Crippen LogP contribution >= 0.6 is 11.8 Å². The Bertz CT molecular complexity index is 470. The van der Waals surface area contributed by atoms with Gasteiger partial charge in [0.2, 0.25) is 0 Å². The Morgan fingerprint density at radius 1 is 1.18 bits per heavy atom. The molecule has 0 radical (unpaired) electrons. The van der Waals surface area contributed by atoms with E-state index in [1.807, 2.05) is 12.1 Å². The number of ketones is 1. The third kappa shape index (κ3) is 7.61. The maximum absolute atomic E-state index is 11.1. The van der Waals surface area contributed by atoms with Crippen LogP contribution in [0.3, 0.4) is 0 Å². The van der Waals surface area contributed by atoms with Crippen molar-refractivity contribution in [2.24, 2.45) is 0 Å². The molecule has 0 fully saturated rings. The van der Waals surface area contributed by atoms with Crippen molar-refractivity contribution in [1.82, 2.24) is 0 Å². The fourth-order valence-electron chi connectivity index (χ4n) is 2.16. The first kappa shape index (κ1) is 18.7. The van der Waals surface area contributed by atoms with Gasteiger partial charge >= 0.3 is 5.97 Å². The zero-order valence-electron chi connectivity index (χ0n) is 13.2. The summed E-state index contributed by atoms with van der Waals surface area (Å²) in [7, 11) is 1.66. The summed E-state index contributed by atoms with van der Waals surface area (Å²) in [4.78, 5) is 22.9. The summed E-state index contributed by atoms with van der Waals surface area (Å²) in [6.07, 6.45) is 4.74. The Morgan fingerprint density at radius 3 is 2.41 bits per heavy atom. The monoisotopic (exact) mass is 324 g/mol. The molecule has 4 nitrogen and oxygen atoms in total. The molecule has 0 aliphatic carbocycles. The van der Waals surface area contributed by atoms with Crippen molar-refractivity contribution in [3.05, 3.63) is 29.8 Å². The SMILES string of the molecule is COC(CCCCCSc1ccc(C(=O)O)cc1)CC(C)=O. The predicted octanol–water partition coefficient (Wildman–Crippen LogP) is 4.03. The molecule has 0 saturated heterocycles. The van der Waals surface area contributed by atoms with E-state index in [0.717, 1.165) is 36.3 Å². The van der Waals surface area contributed by atoms with Crippen LogP contribution in [0.25, 0.3) is 0 Å². The summed E-state index contributed by atoms with van der Waals surface area (Å²) in [6, 6.07) is 6.97. The summed E-state index contributed by atoms with van der Waals surface area (Å²) in [6.45, 7) is 1.60. The number of benzene rings is 1. The smallest absolute Gasteiger partial charge is 0.335 e. The Kier molecular flexibility index (Phi) is 8.85. The van der Waals surface area contributed by atoms with E-state index in [9.17, 15) is 9.59 Å². The van der Waals surface area contributed by atoms with Crippen LogP contribution < -0.4 is 0 Å². The molecule has 0 bridgehead atoms. The number of hydrogen-bond donors (Lipinski definition) is 1. The molecule has 1 aromatic carbocycles. The van der Waals surface area contributed by atoms with E-state index in [0.29, 0.717) is 12.0 Å². The van der Waals surface area contributed by atoms with Crippen LogP contribution in [0, 0.1) is 0 Å². The highest BCUT2D eigenvalue weighted by Crippen LogP contribution is 2.21. The number of Topliss-reactive ketones (excluding diaryl/α,β-unsaturated/α-hetero) is 1. The number of methoxy groups -OCH3 is 1. The van der Waals surface area contributed by atoms with Gasteiger partial charge in [-0.15, -0.1) is 11.8 Å². The number of carboxylic acids is 1. The minimum atomic E-state index is -0.894. The van der Waals surface area contributed by atoms with Crippen LogP contribution in [-0.2, 0) is 9.53 Å². The molecule has 0 saturated carbocycles. The lowest BCUT2D eigenvalue weighted by Crippen LogP contribution is -2.14. The van der Waals surface area contributed by atoms with E-state index in [1.165, 1.54) is 0 Å². The highest BCUT2D eigenvalue weighted by molar-refractivity contribution is 7.99. The van der Waals surface area contributed by atoms with Gasteiger partial charge in [-0.25, -0.2) is 4.79 Å². The normalized spacial score (nSPS) is 12.1. The highest BCUT2D eigenvalue weighted by Gasteiger charge is 2.09. The van der Waals surface area contributed by atoms with Crippen molar-refractivity contribution in [3.63, 3.8) is 0 Å². The number of rotatable bonds is 11. The van der Waals surface area contributed by atoms with Crippen LogP contribution in [0.2, 0.25) is 0 Å². The molecule has 1 unspecified atom stereocenters. The molecule has 5 heteroatoms. The molecule has 0 aromatic heterocycles. The first-order chi connectivity index (χ1) is 10.5. The molecule has 22 heavy (non-hydrogen) atoms. The molecule has 122 valence electrons. The zero-order chi connectivity index (χ0) is 16.4. The fraction of sp³-hybridized carbons (Fsp3) is 0.529. The Labute approximate surface area is 136 Å². The first-order valence-corrected chi connectivity index (χ1v) is 8.50. The van der Waals surface area contributed by atoms with Crippen LogP contribution in [-0.4, -0.2) is 35.8 Å². The van der Waals surface area contributed by atoms with Gasteiger partial charge in [0.25, 0.3) is 0 Å². The van der Waals surface area contributed by atoms with Crippen LogP contribution in [0.4, 0.5) is 0 Å². The number of carbonyl (C=O) groups excluding carboxylic acids is 1. The lowest BCUT2D eigenvalue weighted by molar-refractivity contribution is -0.119. The van der Waals surface area contributed by atoms with Gasteiger partial charge < -0.3 is 9.84 Å². The second kappa shape index (κ2) is 10.4. The molecule has 0 heterocycles. The number of hydrogen-bond acceptors (Lipinski definition) is 4. The lowest BCUT2D eigenvalue weighted by atomic mass is 10.1. The lowest BCUT2D eigenvalue weighted by Gasteiger charge is -2.13. The van der Waals surface area contributed by atoms with Crippen LogP contribution in [0.5, 0.6) is 0 Å². The predicted molar refractivity (Wildman–Crippen MR) is 88.7 cm³/mol. The van der Waals surface area contributed by atoms with Crippen molar-refractivity contribution in [2.45, 2.75) is 50.0 Å². The van der Waals surface area contributed by atoms with E-state index in [2.05, 4.69) is 0 Å². The number of aromatic carboxylic acids is 1. The molecule has 0 amide bonds. The topological polar surface area (TPSA) is 63.6 Å². The maximum atomic E-state index is 11.1. The van der Waals surface area contributed by atoms with Gasteiger partial charge in [-0.2, -0.15) is 0 Å². The quantitative estimate of drug-likeness (QED) is 0.492. The molecule has 1 atom stereocenters. The largest absolute Gasteiger partial charge is 0.478 e. The molecule has 1 N–H and O–H groups in total. The molecule has 0 aliphatic heterocycles. The summed E-state index contributed by atoms with van der Waals surface area (Å²) in [5.41, 5.74) is 0.320. The highest BCUT2D eigenvalue weighted by atomic mass is 32.2. The standard InChI is InChI=1S/C17H24O4S/c1-13(18)12-15(21-2)6-4-3-5-11-22-16-9-7-14(8-10-16)17(19)20/h7-10,15H,3-6,11-12H2,1-2H3,(H,19,20). The Morgan fingerprint density at radius 2 is 1.86 bits per heavy atom. The Hall–Kier alpha value is -1.33. The molecule has 1 aromatic rings. The van der Waals surface area contributed by atoms with Gasteiger partial charge in [-0.05, 0) is 49.8 Å². The number of ether oxygens (including phenoxy) is 1. The van der Waals surface area contributed by atoms with Gasteiger partial charge in [-0.3, -0.25) is 4.79 Å². The molecule has 1 rings (SSSR count). The van der Waals surface area contributed by atoms with Crippen LogP contribution in [0.1, 0.15) is 49.4 Å². The number of thioether (sulfide) groups is 1. The average molecular weight is 324 g/mol. The third-order valence-electron chi connectivity index (χ3n) is 3.39. The average Bonchev–Trinajstić information content (AvgIpc) is 2.49. The number of unbranched alkanes of at least 4 members (excludes halogenated alkanes) is 2. The molecule has 0 spiro atoms. The van der Waals surface area contributed by atoms with E-state index in [1.54, 1.807) is 37.9 Å². The second-order valence-electron chi connectivity index (χ2n) is 5.29. The number of carbonyl (C=O) groups is 2. The van der Waals surface area contributed by atoms with Gasteiger partial charge in [0.05, 0.1) is 11.7 Å². The van der Waals surface area contributed by atoms with E-state index < -0.39 is 5.97 Å². The van der Waals surface area contributed by atoms with E-state index in [4.69, 9.17) is 9.84 Å². The van der Waals surface area contributed by atoms with Gasteiger partial charge in [0.1, 0.15) is 5.78 Å². The summed E-state index contributed by atoms with van der Waals surface area (Å²) >= 11 is 1.74. The molecular formula is C17H24O4S. The third-order valence-corrected chi connectivity index (χ3v) is 4.49. The second-order valence-corrected chi connectivity index (χ2v) is 6.46. The first-order valence-electron chi connectivity index (χ1n) is 7.51. The van der Waals surface area contributed by atoms with E-state index in [-0.39, 0.29) is 11.9 Å². The summed E-state index contributed by atoms with van der Waals surface area (Å²) in [5.74, 6) is 0.290. The van der Waals surface area contributed by atoms with Crippen LogP contribution in [0.15, 0.2) is 29.2 Å². The number of carboxylic acid groups (broad SMARTS) is 1. The fourth-order valence-corrected chi connectivity index (χ4v) is 3.07. The summed E-state index contributed by atoms with van der Waals surface area (Å²) in [5, 5.41) is 8.83. The summed E-state index contributed by atoms with van der Waals surface area (Å²) < 4.78 is 5.29. The molecule has 0 aliphatic rings. The minimum Gasteiger partial charge on any atom is -0.478 e. The van der Waals surface area contributed by atoms with Crippen molar-refractivity contribution >= 4 is 23.5 Å². The van der Waals surface area contributed by atoms with Crippen molar-refractivity contribution < 1.29 is 19.4 Å². The van der Waals surface area contributed by atoms with Crippen molar-refractivity contribution in [1.29, 1.82) is 0 Å². The van der Waals surface area contributed by atoms with Gasteiger partial charge in [0, 0.05) is 18.4 Å². The van der Waals surface area contributed by atoms with E-state index >= 15 is 0 Å². The van der Waals surface area contributed by atoms with Gasteiger partial charge in [-0.1, -0.05) is 12.8 Å². The van der Waals surface area contributed by atoms with Crippen molar-refractivity contribution in [3.8, 4) is 0 Å². The molecular weight excluding hydrogens is 300 g/mol. The maximum Gasteiger partial charge on any atom is 0.335 e. The Balaban J connectivity index is 2.14. The van der Waals surface area contributed by atoms with Gasteiger partial charge in [0.15, 0.2) is 0 Å². The minimum absolute atomic E-state index is 0.0497.